The van der Waals surface area contributed by atoms with Crippen molar-refractivity contribution in [3.63, 3.8) is 0 Å². The monoisotopic (exact) mass is 555 g/mol. The van der Waals surface area contributed by atoms with E-state index >= 15 is 0 Å². The van der Waals surface area contributed by atoms with Crippen LogP contribution in [0.3, 0.4) is 0 Å². The predicted octanol–water partition coefficient (Wildman–Crippen LogP) is 3.05. The molecule has 0 bridgehead atoms. The average molecular weight is 556 g/mol. The molecule has 12 heteroatoms. The van der Waals surface area contributed by atoms with Crippen molar-refractivity contribution in [1.82, 2.24) is 30.5 Å². The highest BCUT2D eigenvalue weighted by atomic mass is 19.1. The zero-order chi connectivity index (χ0) is 29.1. The van der Waals surface area contributed by atoms with E-state index in [0.717, 1.165) is 27.8 Å². The first-order valence-corrected chi connectivity index (χ1v) is 13.5. The van der Waals surface area contributed by atoms with Crippen molar-refractivity contribution in [2.24, 2.45) is 5.92 Å². The van der Waals surface area contributed by atoms with Gasteiger partial charge in [0.15, 0.2) is 11.5 Å². The van der Waals surface area contributed by atoms with Gasteiger partial charge >= 0.3 is 0 Å². The van der Waals surface area contributed by atoms with E-state index in [1.165, 1.54) is 45.5 Å². The van der Waals surface area contributed by atoms with Crippen LogP contribution in [-0.2, 0) is 22.7 Å². The molecule has 1 fully saturated rings. The van der Waals surface area contributed by atoms with Crippen molar-refractivity contribution in [2.75, 3.05) is 32.1 Å². The van der Waals surface area contributed by atoms with E-state index in [0.29, 0.717) is 12.3 Å². The third-order valence-electron chi connectivity index (χ3n) is 6.14. The molecule has 3 aromatic rings. The molecule has 0 saturated carbocycles. The Morgan fingerprint density at radius 2 is 1.88 bits per heavy atom. The predicted molar refractivity (Wildman–Crippen MR) is 149 cm³/mol. The highest BCUT2D eigenvalue weighted by molar-refractivity contribution is 5.98. The Hall–Kier alpha value is -3.90. The highest BCUT2D eigenvalue weighted by Gasteiger charge is 2.20. The van der Waals surface area contributed by atoms with Crippen LogP contribution >= 0.6 is 0 Å². The molecule has 11 nitrogen and oxygen atoms in total. The molecule has 4 heterocycles. The molecular weight excluding hydrogens is 517 g/mol. The lowest BCUT2D eigenvalue weighted by Gasteiger charge is -2.17. The Morgan fingerprint density at radius 1 is 1.15 bits per heavy atom. The number of fused-ring (bicyclic) bond motifs is 2. The first-order chi connectivity index (χ1) is 19.3. The molecule has 216 valence electrons. The van der Waals surface area contributed by atoms with Crippen LogP contribution < -0.4 is 21.3 Å². The van der Waals surface area contributed by atoms with Crippen LogP contribution in [0.1, 0.15) is 72.1 Å². The first kappa shape index (κ1) is 30.6. The fourth-order valence-electron chi connectivity index (χ4n) is 4.00. The van der Waals surface area contributed by atoms with Crippen molar-refractivity contribution < 1.29 is 23.5 Å². The van der Waals surface area contributed by atoms with Gasteiger partial charge in [-0.15, -0.1) is 0 Å². The number of nitrogens with one attached hydrogen (secondary N) is 4. The number of halogens is 1. The first-order valence-electron chi connectivity index (χ1n) is 13.5. The molecule has 2 aliphatic rings. The van der Waals surface area contributed by atoms with Crippen LogP contribution in [0, 0.1) is 11.7 Å². The quantitative estimate of drug-likeness (QED) is 0.388. The van der Waals surface area contributed by atoms with Gasteiger partial charge < -0.3 is 26.0 Å². The summed E-state index contributed by atoms with van der Waals surface area (Å²) in [5.74, 6) is -1.16. The fraction of sp³-hybridized carbons (Fsp3) is 0.464. The molecule has 2 aromatic heterocycles. The lowest BCUT2D eigenvalue weighted by Crippen LogP contribution is -2.27. The van der Waals surface area contributed by atoms with Gasteiger partial charge in [-0.3, -0.25) is 14.4 Å². The number of rotatable bonds is 4. The lowest BCUT2D eigenvalue weighted by molar-refractivity contribution is -0.120. The van der Waals surface area contributed by atoms with Crippen LogP contribution in [0.25, 0.3) is 5.65 Å². The molecule has 0 unspecified atom stereocenters. The van der Waals surface area contributed by atoms with E-state index in [9.17, 15) is 18.8 Å². The molecule has 0 aliphatic carbocycles. The van der Waals surface area contributed by atoms with Crippen LogP contribution in [0.4, 0.5) is 10.1 Å². The Morgan fingerprint density at radius 3 is 2.52 bits per heavy atom. The van der Waals surface area contributed by atoms with Gasteiger partial charge in [0.2, 0.25) is 5.91 Å². The van der Waals surface area contributed by atoms with Crippen molar-refractivity contribution in [2.45, 2.75) is 53.2 Å². The van der Waals surface area contributed by atoms with Gasteiger partial charge in [-0.05, 0) is 43.5 Å². The zero-order valence-corrected chi connectivity index (χ0v) is 23.5. The molecule has 3 amide bonds. The summed E-state index contributed by atoms with van der Waals surface area (Å²) in [6.07, 6.45) is 4.92. The Kier molecular flexibility index (Phi) is 11.5. The zero-order valence-electron chi connectivity index (χ0n) is 23.5. The third kappa shape index (κ3) is 8.30. The van der Waals surface area contributed by atoms with Crippen LogP contribution in [0.15, 0.2) is 30.5 Å². The maximum atomic E-state index is 14.0. The van der Waals surface area contributed by atoms with Gasteiger partial charge in [-0.2, -0.15) is 5.10 Å². The maximum absolute atomic E-state index is 14.0. The number of hydrogen-bond acceptors (Lipinski definition) is 7. The SMILES string of the molecule is CC1CCNCC1.CCC.CNC(=O)c1cc(C(=O)NCc2ccc3c(c2)NC(=O)COC3)nc2c(F)cnn12. The van der Waals surface area contributed by atoms with Crippen LogP contribution in [0.2, 0.25) is 0 Å². The van der Waals surface area contributed by atoms with E-state index < -0.39 is 17.6 Å². The van der Waals surface area contributed by atoms with Gasteiger partial charge in [-0.25, -0.2) is 13.9 Å². The summed E-state index contributed by atoms with van der Waals surface area (Å²) in [7, 11) is 1.41. The van der Waals surface area contributed by atoms with Crippen LogP contribution in [0.5, 0.6) is 0 Å². The molecular formula is C28H38FN7O4. The number of hydrogen-bond donors (Lipinski definition) is 4. The number of aromatic nitrogens is 3. The molecule has 0 spiro atoms. The van der Waals surface area contributed by atoms with Gasteiger partial charge in [0.1, 0.15) is 18.0 Å². The minimum atomic E-state index is -0.751. The average Bonchev–Trinajstić information content (AvgIpc) is 3.22. The number of amides is 3. The highest BCUT2D eigenvalue weighted by Crippen LogP contribution is 2.21. The Labute approximate surface area is 233 Å². The second-order valence-electron chi connectivity index (χ2n) is 9.69. The second-order valence-corrected chi connectivity index (χ2v) is 9.69. The standard InChI is InChI=1S/C19H17FN6O4.C6H13N.C3H8/c1-21-19(29)15-5-14(25-17-12(20)7-23-26(15)17)18(28)22-6-10-2-3-11-8-30-9-16(27)24-13(11)4-10;1-6-2-4-7-5-3-6;1-3-2/h2-5,7H,6,8-9H2,1H3,(H,21,29)(H,22,28)(H,24,27);6-7H,2-5H2,1H3;3H2,1-2H3. The number of nitrogens with zero attached hydrogens (tertiary/aromatic N) is 3. The van der Waals surface area contributed by atoms with E-state index in [1.54, 1.807) is 18.2 Å². The van der Waals surface area contributed by atoms with Gasteiger partial charge in [-0.1, -0.05) is 39.3 Å². The summed E-state index contributed by atoms with van der Waals surface area (Å²) < 4.78 is 20.2. The van der Waals surface area contributed by atoms with Gasteiger partial charge in [0.25, 0.3) is 11.8 Å². The summed E-state index contributed by atoms with van der Waals surface area (Å²) >= 11 is 0. The largest absolute Gasteiger partial charge is 0.367 e. The maximum Gasteiger partial charge on any atom is 0.270 e. The number of piperidine rings is 1. The number of benzene rings is 1. The molecule has 4 N–H and O–H groups in total. The number of carbonyl (C=O) groups excluding carboxylic acids is 3. The number of anilines is 1. The molecule has 40 heavy (non-hydrogen) atoms. The summed E-state index contributed by atoms with van der Waals surface area (Å²) in [6.45, 7) is 9.47. The lowest BCUT2D eigenvalue weighted by atomic mass is 10.0. The third-order valence-corrected chi connectivity index (χ3v) is 6.14. The molecule has 2 aliphatic heterocycles. The number of ether oxygens (including phenoxy) is 1. The number of carbonyl (C=O) groups is 3. The van der Waals surface area contributed by atoms with Crippen molar-refractivity contribution in [1.29, 1.82) is 0 Å². The van der Waals surface area contributed by atoms with Gasteiger partial charge in [0, 0.05) is 30.9 Å². The molecule has 1 saturated heterocycles. The van der Waals surface area contributed by atoms with E-state index in [1.807, 2.05) is 0 Å². The van der Waals surface area contributed by atoms with Crippen molar-refractivity contribution in [3.8, 4) is 0 Å². The van der Waals surface area contributed by atoms with E-state index in [-0.39, 0.29) is 36.1 Å². The second kappa shape index (κ2) is 15.0. The molecule has 1 aromatic carbocycles. The van der Waals surface area contributed by atoms with E-state index in [4.69, 9.17) is 4.74 Å². The molecule has 0 radical (unpaired) electrons. The summed E-state index contributed by atoms with van der Waals surface area (Å²) in [5, 5.41) is 14.9. The van der Waals surface area contributed by atoms with Crippen LogP contribution in [-0.4, -0.2) is 59.1 Å². The van der Waals surface area contributed by atoms with E-state index in [2.05, 4.69) is 52.1 Å². The Bertz CT molecular complexity index is 1320. The summed E-state index contributed by atoms with van der Waals surface area (Å²) in [5.41, 5.74) is 1.80. The Balaban J connectivity index is 0.000000374. The summed E-state index contributed by atoms with van der Waals surface area (Å²) in [4.78, 5) is 40.3. The fourth-order valence-corrected chi connectivity index (χ4v) is 4.00. The topological polar surface area (TPSA) is 139 Å². The van der Waals surface area contributed by atoms with Gasteiger partial charge in [0.05, 0.1) is 12.8 Å². The minimum Gasteiger partial charge on any atom is -0.367 e. The summed E-state index contributed by atoms with van der Waals surface area (Å²) in [6, 6.07) is 6.58. The van der Waals surface area contributed by atoms with Crippen molar-refractivity contribution in [3.05, 3.63) is 58.8 Å². The smallest absolute Gasteiger partial charge is 0.270 e. The molecule has 5 rings (SSSR count). The van der Waals surface area contributed by atoms with Crippen molar-refractivity contribution >= 4 is 29.1 Å². The normalized spacial score (nSPS) is 14.9. The minimum absolute atomic E-state index is 0.0201. The molecule has 0 atom stereocenters.